The van der Waals surface area contributed by atoms with E-state index >= 15 is 0 Å². The molecule has 1 fully saturated rings. The fraction of sp³-hybridized carbons (Fsp3) is 0.400. The molecule has 0 bridgehead atoms. The lowest BCUT2D eigenvalue weighted by Gasteiger charge is -2.33. The van der Waals surface area contributed by atoms with Crippen LogP contribution in [-0.4, -0.2) is 38.9 Å². The van der Waals surface area contributed by atoms with Crippen molar-refractivity contribution in [3.05, 3.63) is 94.8 Å². The summed E-state index contributed by atoms with van der Waals surface area (Å²) in [6.45, 7) is 2.47. The van der Waals surface area contributed by atoms with E-state index in [2.05, 4.69) is 20.5 Å². The number of nitrogens with zero attached hydrogens (tertiary/aromatic N) is 2. The van der Waals surface area contributed by atoms with Gasteiger partial charge in [0, 0.05) is 49.3 Å². The quantitative estimate of drug-likeness (QED) is 0.305. The van der Waals surface area contributed by atoms with Crippen molar-refractivity contribution in [2.75, 3.05) is 24.5 Å². The topological polar surface area (TPSA) is 91.4 Å². The molecule has 0 spiro atoms. The molecule has 0 saturated carbocycles. The van der Waals surface area contributed by atoms with Crippen LogP contribution in [0.25, 0.3) is 0 Å². The highest BCUT2D eigenvalue weighted by Crippen LogP contribution is 2.38. The number of piperidine rings is 1. The van der Waals surface area contributed by atoms with E-state index in [4.69, 9.17) is 0 Å². The lowest BCUT2D eigenvalue weighted by Crippen LogP contribution is -2.35. The van der Waals surface area contributed by atoms with Crippen LogP contribution in [0.2, 0.25) is 0 Å². The third kappa shape index (κ3) is 6.90. The Morgan fingerprint density at radius 2 is 1.76 bits per heavy atom. The number of hydrogen-bond donors (Lipinski definition) is 3. The minimum Gasteiger partial charge on any atom is -0.371 e. The minimum absolute atomic E-state index is 0.221. The Morgan fingerprint density at radius 1 is 1.02 bits per heavy atom. The van der Waals surface area contributed by atoms with Crippen LogP contribution in [0.1, 0.15) is 69.7 Å². The van der Waals surface area contributed by atoms with Crippen LogP contribution in [0, 0.1) is 5.92 Å². The predicted molar refractivity (Wildman–Crippen MR) is 151 cm³/mol. The Balaban J connectivity index is 1.19. The number of halogens is 3. The molecule has 2 heterocycles. The third-order valence-electron chi connectivity index (χ3n) is 8.10. The number of carbonyl (C=O) groups is 1. The van der Waals surface area contributed by atoms with Gasteiger partial charge in [-0.2, -0.15) is 13.2 Å². The second-order valence-electron chi connectivity index (χ2n) is 10.6. The molecule has 3 aromatic rings. The van der Waals surface area contributed by atoms with E-state index in [9.17, 15) is 26.4 Å². The van der Waals surface area contributed by atoms with Gasteiger partial charge in [-0.3, -0.25) is 15.1 Å². The molecule has 2 aliphatic rings. The summed E-state index contributed by atoms with van der Waals surface area (Å²) < 4.78 is 65.1. The molecule has 2 aromatic carbocycles. The molecule has 11 heteroatoms. The fourth-order valence-electron chi connectivity index (χ4n) is 5.89. The zero-order chi connectivity index (χ0) is 29.0. The van der Waals surface area contributed by atoms with Gasteiger partial charge in [-0.05, 0) is 85.0 Å². The van der Waals surface area contributed by atoms with Gasteiger partial charge in [0.05, 0.1) is 5.56 Å². The Labute approximate surface area is 239 Å². The summed E-state index contributed by atoms with van der Waals surface area (Å²) in [6, 6.07) is 13.6. The van der Waals surface area contributed by atoms with Gasteiger partial charge in [-0.1, -0.05) is 24.3 Å². The third-order valence-corrected chi connectivity index (χ3v) is 8.95. The Bertz CT molecular complexity index is 1430. The Kier molecular flexibility index (Phi) is 8.94. The minimum atomic E-state index is -4.68. The molecule has 7 nitrogen and oxygen atoms in total. The van der Waals surface area contributed by atoms with Crippen LogP contribution < -0.4 is 15.5 Å². The van der Waals surface area contributed by atoms with E-state index in [-0.39, 0.29) is 11.5 Å². The van der Waals surface area contributed by atoms with Gasteiger partial charge in [0.15, 0.2) is 10.7 Å². The van der Waals surface area contributed by atoms with Crippen LogP contribution in [0.5, 0.6) is 0 Å². The van der Waals surface area contributed by atoms with E-state index in [1.807, 2.05) is 18.2 Å². The lowest BCUT2D eigenvalue weighted by atomic mass is 9.93. The van der Waals surface area contributed by atoms with Crippen molar-refractivity contribution in [1.82, 2.24) is 15.6 Å². The van der Waals surface area contributed by atoms with E-state index in [0.29, 0.717) is 30.9 Å². The van der Waals surface area contributed by atoms with Crippen LogP contribution in [0.3, 0.4) is 0 Å². The highest BCUT2D eigenvalue weighted by molar-refractivity contribution is 7.72. The van der Waals surface area contributed by atoms with Gasteiger partial charge < -0.3 is 10.2 Å². The van der Waals surface area contributed by atoms with E-state index in [0.717, 1.165) is 49.5 Å². The maximum absolute atomic E-state index is 13.6. The smallest absolute Gasteiger partial charge is 0.371 e. The number of nitrogens with one attached hydrogen (secondary N) is 2. The lowest BCUT2D eigenvalue weighted by molar-refractivity contribution is -0.138. The molecule has 1 aliphatic carbocycles. The maximum atomic E-state index is 13.6. The average molecular weight is 587 g/mol. The summed E-state index contributed by atoms with van der Waals surface area (Å²) in [5, 5.41) is 4.42. The second kappa shape index (κ2) is 12.6. The summed E-state index contributed by atoms with van der Waals surface area (Å²) in [7, 11) is -3.26. The van der Waals surface area contributed by atoms with Crippen LogP contribution in [0.4, 0.5) is 18.9 Å². The van der Waals surface area contributed by atoms with Crippen molar-refractivity contribution in [3.63, 3.8) is 0 Å². The van der Waals surface area contributed by atoms with Crippen molar-refractivity contribution in [3.8, 4) is 0 Å². The van der Waals surface area contributed by atoms with Crippen LogP contribution in [-0.2, 0) is 23.3 Å². The monoisotopic (exact) mass is 586 g/mol. The summed E-state index contributed by atoms with van der Waals surface area (Å²) in [6.07, 6.45) is 3.04. The van der Waals surface area contributed by atoms with Crippen molar-refractivity contribution >= 4 is 22.3 Å². The van der Waals surface area contributed by atoms with Crippen molar-refractivity contribution in [1.29, 1.82) is 0 Å². The number of hydrogen-bond acceptors (Lipinski definition) is 6. The molecule has 1 saturated heterocycles. The van der Waals surface area contributed by atoms with E-state index in [1.165, 1.54) is 23.9 Å². The SMILES string of the molecule is O=C(NCCC1CCN(c2ccncc2)CC1)c1ccc2c(c1)C(NC(c1ccccc1C(F)(F)F)[SH](=O)=O)CC2. The van der Waals surface area contributed by atoms with Crippen molar-refractivity contribution < 1.29 is 26.4 Å². The zero-order valence-corrected chi connectivity index (χ0v) is 23.3. The molecule has 1 aromatic heterocycles. The van der Waals surface area contributed by atoms with Gasteiger partial charge >= 0.3 is 6.18 Å². The predicted octanol–water partition coefficient (Wildman–Crippen LogP) is 5.02. The number of thiol groups is 1. The molecule has 2 unspecified atom stereocenters. The zero-order valence-electron chi connectivity index (χ0n) is 22.4. The highest BCUT2D eigenvalue weighted by Gasteiger charge is 2.37. The second-order valence-corrected chi connectivity index (χ2v) is 11.7. The van der Waals surface area contributed by atoms with Gasteiger partial charge in [-0.15, -0.1) is 0 Å². The number of alkyl halides is 3. The van der Waals surface area contributed by atoms with Crippen LogP contribution >= 0.6 is 0 Å². The molecule has 218 valence electrons. The number of amides is 1. The molecule has 1 aliphatic heterocycles. The van der Waals surface area contributed by atoms with Crippen molar-refractivity contribution in [2.24, 2.45) is 5.92 Å². The van der Waals surface area contributed by atoms with E-state index in [1.54, 1.807) is 24.5 Å². The molecular weight excluding hydrogens is 553 g/mol. The molecule has 41 heavy (non-hydrogen) atoms. The number of pyridine rings is 1. The Morgan fingerprint density at radius 3 is 2.46 bits per heavy atom. The number of rotatable bonds is 9. The first-order valence-electron chi connectivity index (χ1n) is 13.8. The number of aromatic nitrogens is 1. The van der Waals surface area contributed by atoms with Gasteiger partial charge in [0.25, 0.3) is 5.91 Å². The van der Waals surface area contributed by atoms with E-state index < -0.39 is 33.9 Å². The van der Waals surface area contributed by atoms with Crippen molar-refractivity contribution in [2.45, 2.75) is 49.7 Å². The standard InChI is InChI=1S/C30H33F3N4O3S/c31-30(32,33)26-4-2-1-3-24(26)29(41(39)40)36-27-8-7-21-5-6-22(19-25(21)27)28(38)35-16-9-20-12-17-37(18-13-20)23-10-14-34-15-11-23/h1-6,10-11,14-15,19-20,27,29,36,41H,7-9,12-13,16-18H2,(H,35,38). The highest BCUT2D eigenvalue weighted by atomic mass is 32.2. The molecule has 1 amide bonds. The first-order valence-corrected chi connectivity index (χ1v) is 15.1. The first kappa shape index (κ1) is 29.1. The normalized spacial score (nSPS) is 18.3. The molecule has 0 radical (unpaired) electrons. The number of fused-ring (bicyclic) bond motifs is 1. The summed E-state index contributed by atoms with van der Waals surface area (Å²) in [5.41, 5.74) is 2.01. The Hall–Kier alpha value is -3.44. The molecular formula is C30H33F3N4O3S. The summed E-state index contributed by atoms with van der Waals surface area (Å²) in [5.74, 6) is 0.300. The van der Waals surface area contributed by atoms with Crippen LogP contribution in [0.15, 0.2) is 67.0 Å². The molecule has 2 N–H and O–H groups in total. The van der Waals surface area contributed by atoms with Gasteiger partial charge in [-0.25, -0.2) is 8.42 Å². The first-order chi connectivity index (χ1) is 19.7. The van der Waals surface area contributed by atoms with Gasteiger partial charge in [0.1, 0.15) is 5.37 Å². The number of carbonyl (C=O) groups excluding carboxylic acids is 1. The molecule has 2 atom stereocenters. The number of benzene rings is 2. The summed E-state index contributed by atoms with van der Waals surface area (Å²) >= 11 is 0. The maximum Gasteiger partial charge on any atom is 0.416 e. The molecule has 5 rings (SSSR count). The number of aryl methyl sites for hydroxylation is 1. The summed E-state index contributed by atoms with van der Waals surface area (Å²) in [4.78, 5) is 19.4. The van der Waals surface area contributed by atoms with Gasteiger partial charge in [0.2, 0.25) is 0 Å². The fourth-order valence-corrected chi connectivity index (χ4v) is 6.65. The largest absolute Gasteiger partial charge is 0.416 e. The average Bonchev–Trinajstić information content (AvgIpc) is 3.38. The number of anilines is 1.